The maximum atomic E-state index is 6.10. The molecular weight excluding hydrogens is 264 g/mol. The Bertz CT molecular complexity index is 547. The molecule has 3 heteroatoms. The van der Waals surface area contributed by atoms with Crippen molar-refractivity contribution in [3.8, 4) is 0 Å². The van der Waals surface area contributed by atoms with E-state index in [-0.39, 0.29) is 0 Å². The number of hydrogen-bond donors (Lipinski definition) is 1. The minimum Gasteiger partial charge on any atom is -0.398 e. The van der Waals surface area contributed by atoms with Gasteiger partial charge in [-0.05, 0) is 46.5 Å². The maximum Gasteiger partial charge on any atom is 0.0870 e. The van der Waals surface area contributed by atoms with Crippen LogP contribution in [0, 0.1) is 6.92 Å². The van der Waals surface area contributed by atoms with E-state index in [0.717, 1.165) is 26.8 Å². The normalized spacial score (nSPS) is 11.3. The summed E-state index contributed by atoms with van der Waals surface area (Å²) in [5, 5.41) is 1.05. The molecule has 0 unspecified atom stereocenters. The number of halogens is 1. The summed E-state index contributed by atoms with van der Waals surface area (Å²) in [6, 6.07) is 6.06. The van der Waals surface area contributed by atoms with E-state index in [9.17, 15) is 0 Å². The quantitative estimate of drug-likeness (QED) is 0.856. The molecule has 0 fully saturated rings. The zero-order chi connectivity index (χ0) is 11.9. The van der Waals surface area contributed by atoms with Gasteiger partial charge in [0.25, 0.3) is 0 Å². The lowest BCUT2D eigenvalue weighted by molar-refractivity contribution is 0.830. The molecule has 0 aliphatic rings. The van der Waals surface area contributed by atoms with E-state index < -0.39 is 0 Å². The molecule has 2 aromatic rings. The van der Waals surface area contributed by atoms with Crippen LogP contribution in [-0.4, -0.2) is 4.98 Å². The van der Waals surface area contributed by atoms with E-state index in [0.29, 0.717) is 5.92 Å². The van der Waals surface area contributed by atoms with Crippen molar-refractivity contribution < 1.29 is 0 Å². The number of nitrogens with zero attached hydrogens (tertiary/aromatic N) is 1. The molecule has 1 aromatic carbocycles. The Balaban J connectivity index is 2.86. The van der Waals surface area contributed by atoms with Gasteiger partial charge < -0.3 is 5.73 Å². The Morgan fingerprint density at radius 3 is 2.62 bits per heavy atom. The molecular formula is C13H15BrN2. The number of hydrogen-bond acceptors (Lipinski definition) is 2. The summed E-state index contributed by atoms with van der Waals surface area (Å²) >= 11 is 3.53. The predicted molar refractivity (Wildman–Crippen MR) is 72.7 cm³/mol. The van der Waals surface area contributed by atoms with Gasteiger partial charge in [0.1, 0.15) is 0 Å². The van der Waals surface area contributed by atoms with Crippen molar-refractivity contribution in [1.29, 1.82) is 0 Å². The third-order valence-electron chi connectivity index (χ3n) is 2.76. The molecule has 1 aromatic heterocycles. The third-order valence-corrected chi connectivity index (χ3v) is 3.40. The van der Waals surface area contributed by atoms with Crippen LogP contribution in [0.1, 0.15) is 31.0 Å². The van der Waals surface area contributed by atoms with Gasteiger partial charge in [-0.15, -0.1) is 0 Å². The molecule has 0 aliphatic heterocycles. The first-order valence-corrected chi connectivity index (χ1v) is 6.15. The highest BCUT2D eigenvalue weighted by atomic mass is 79.9. The van der Waals surface area contributed by atoms with E-state index in [4.69, 9.17) is 5.73 Å². The highest BCUT2D eigenvalue weighted by Crippen LogP contribution is 2.31. The first-order chi connectivity index (χ1) is 7.50. The largest absolute Gasteiger partial charge is 0.398 e. The first-order valence-electron chi connectivity index (χ1n) is 5.36. The van der Waals surface area contributed by atoms with E-state index in [1.165, 1.54) is 5.56 Å². The van der Waals surface area contributed by atoms with Crippen LogP contribution in [0.4, 0.5) is 5.69 Å². The molecule has 2 nitrogen and oxygen atoms in total. The summed E-state index contributed by atoms with van der Waals surface area (Å²) in [5.74, 6) is 0.388. The summed E-state index contributed by atoms with van der Waals surface area (Å²) in [6.45, 7) is 6.30. The second-order valence-corrected chi connectivity index (χ2v) is 5.23. The van der Waals surface area contributed by atoms with Gasteiger partial charge in [-0.1, -0.05) is 19.9 Å². The molecule has 0 spiro atoms. The van der Waals surface area contributed by atoms with E-state index in [1.54, 1.807) is 0 Å². The van der Waals surface area contributed by atoms with Gasteiger partial charge in [0.2, 0.25) is 0 Å². The van der Waals surface area contributed by atoms with Crippen molar-refractivity contribution in [2.24, 2.45) is 0 Å². The van der Waals surface area contributed by atoms with E-state index in [2.05, 4.69) is 47.8 Å². The standard InChI is InChI=1S/C13H15BrN2/c1-7(2)11-6-10(15)12-8(3)4-5-9(14)13(12)16-11/h4-7H,1-3H3,(H2,15,16). The van der Waals surface area contributed by atoms with Crippen LogP contribution in [0.15, 0.2) is 22.7 Å². The number of anilines is 1. The van der Waals surface area contributed by atoms with Crippen LogP contribution in [0.2, 0.25) is 0 Å². The molecule has 0 saturated carbocycles. The molecule has 84 valence electrons. The topological polar surface area (TPSA) is 38.9 Å². The molecule has 0 amide bonds. The van der Waals surface area contributed by atoms with E-state index in [1.807, 2.05) is 12.1 Å². The van der Waals surface area contributed by atoms with Gasteiger partial charge in [-0.3, -0.25) is 4.98 Å². The summed E-state index contributed by atoms with van der Waals surface area (Å²) in [6.07, 6.45) is 0. The highest BCUT2D eigenvalue weighted by molar-refractivity contribution is 9.10. The Hall–Kier alpha value is -1.09. The second kappa shape index (κ2) is 4.06. The number of nitrogens with two attached hydrogens (primary N) is 1. The lowest BCUT2D eigenvalue weighted by Crippen LogP contribution is -1.99. The van der Waals surface area contributed by atoms with Crippen LogP contribution in [0.3, 0.4) is 0 Å². The SMILES string of the molecule is Cc1ccc(Br)c2nc(C(C)C)cc(N)c12. The lowest BCUT2D eigenvalue weighted by Gasteiger charge is -2.11. The number of pyridine rings is 1. The number of aryl methyl sites for hydroxylation is 1. The fourth-order valence-electron chi connectivity index (χ4n) is 1.83. The van der Waals surface area contributed by atoms with Gasteiger partial charge in [0, 0.05) is 21.2 Å². The molecule has 0 aliphatic carbocycles. The molecule has 16 heavy (non-hydrogen) atoms. The number of rotatable bonds is 1. The van der Waals surface area contributed by atoms with Crippen molar-refractivity contribution in [2.45, 2.75) is 26.7 Å². The fourth-order valence-corrected chi connectivity index (χ4v) is 2.25. The van der Waals surface area contributed by atoms with Crippen molar-refractivity contribution >= 4 is 32.5 Å². The van der Waals surface area contributed by atoms with Crippen LogP contribution in [-0.2, 0) is 0 Å². The minimum atomic E-state index is 0.388. The predicted octanol–water partition coefficient (Wildman–Crippen LogP) is 4.01. The van der Waals surface area contributed by atoms with Gasteiger partial charge in [-0.2, -0.15) is 0 Å². The molecule has 0 radical (unpaired) electrons. The van der Waals surface area contributed by atoms with Crippen molar-refractivity contribution in [3.63, 3.8) is 0 Å². The highest BCUT2D eigenvalue weighted by Gasteiger charge is 2.10. The molecule has 2 N–H and O–H groups in total. The third kappa shape index (κ3) is 1.80. The Morgan fingerprint density at radius 1 is 1.31 bits per heavy atom. The Labute approximate surface area is 104 Å². The number of aromatic nitrogens is 1. The van der Waals surface area contributed by atoms with Gasteiger partial charge >= 0.3 is 0 Å². The number of benzene rings is 1. The zero-order valence-electron chi connectivity index (χ0n) is 9.71. The van der Waals surface area contributed by atoms with Crippen molar-refractivity contribution in [2.75, 3.05) is 5.73 Å². The average molecular weight is 279 g/mol. The summed E-state index contributed by atoms with van der Waals surface area (Å²) in [5.41, 5.74) is 10.1. The Kier molecular flexibility index (Phi) is 2.89. The number of nitrogen functional groups attached to an aromatic ring is 1. The number of fused-ring (bicyclic) bond motifs is 1. The van der Waals surface area contributed by atoms with Crippen LogP contribution >= 0.6 is 15.9 Å². The zero-order valence-corrected chi connectivity index (χ0v) is 11.3. The van der Waals surface area contributed by atoms with Crippen molar-refractivity contribution in [1.82, 2.24) is 4.98 Å². The van der Waals surface area contributed by atoms with Crippen molar-refractivity contribution in [3.05, 3.63) is 33.9 Å². The maximum absolute atomic E-state index is 6.10. The first kappa shape index (κ1) is 11.4. The summed E-state index contributed by atoms with van der Waals surface area (Å²) in [4.78, 5) is 4.67. The van der Waals surface area contributed by atoms with Crippen LogP contribution in [0.25, 0.3) is 10.9 Å². The molecule has 1 heterocycles. The fraction of sp³-hybridized carbons (Fsp3) is 0.308. The van der Waals surface area contributed by atoms with Crippen LogP contribution in [0.5, 0.6) is 0 Å². The van der Waals surface area contributed by atoms with Gasteiger partial charge in [-0.25, -0.2) is 0 Å². The monoisotopic (exact) mass is 278 g/mol. The lowest BCUT2D eigenvalue weighted by atomic mass is 10.0. The summed E-state index contributed by atoms with van der Waals surface area (Å²) < 4.78 is 1.00. The van der Waals surface area contributed by atoms with E-state index >= 15 is 0 Å². The van der Waals surface area contributed by atoms with Gasteiger partial charge in [0.05, 0.1) is 5.52 Å². The van der Waals surface area contributed by atoms with Gasteiger partial charge in [0.15, 0.2) is 0 Å². The second-order valence-electron chi connectivity index (χ2n) is 4.38. The smallest absolute Gasteiger partial charge is 0.0870 e. The average Bonchev–Trinajstić information content (AvgIpc) is 2.22. The molecule has 2 rings (SSSR count). The molecule has 0 atom stereocenters. The minimum absolute atomic E-state index is 0.388. The van der Waals surface area contributed by atoms with Crippen LogP contribution < -0.4 is 5.73 Å². The molecule has 0 saturated heterocycles. The Morgan fingerprint density at radius 2 is 2.00 bits per heavy atom. The summed E-state index contributed by atoms with van der Waals surface area (Å²) in [7, 11) is 0. The molecule has 0 bridgehead atoms.